The lowest BCUT2D eigenvalue weighted by Crippen LogP contribution is -2.48. The molecule has 6 nitrogen and oxygen atoms in total. The Bertz CT molecular complexity index is 457. The van der Waals surface area contributed by atoms with Crippen LogP contribution in [0.2, 0.25) is 0 Å². The number of nitrogens with zero attached hydrogens (tertiary/aromatic N) is 4. The molecule has 0 spiro atoms. The summed E-state index contributed by atoms with van der Waals surface area (Å²) in [5.41, 5.74) is 0. The predicted octanol–water partition coefficient (Wildman–Crippen LogP) is 2.32. The number of carbonyl (C=O) groups excluding carboxylic acids is 1. The summed E-state index contributed by atoms with van der Waals surface area (Å²) in [5, 5.41) is 6.99. The van der Waals surface area contributed by atoms with Crippen LogP contribution in [0.4, 0.5) is 4.79 Å². The standard InChI is InChI=1S/C15H27N5O/c1-12(2)7-8-13-6-4-5-9-20(13)15(21)16-10-14-17-11-18-19(14)3/h11-13H,4-10H2,1-3H3,(H,16,21). The van der Waals surface area contributed by atoms with Crippen LogP contribution in [0.5, 0.6) is 0 Å². The van der Waals surface area contributed by atoms with Crippen LogP contribution < -0.4 is 5.32 Å². The van der Waals surface area contributed by atoms with Crippen LogP contribution >= 0.6 is 0 Å². The number of likely N-dealkylation sites (tertiary alicyclic amines) is 1. The average Bonchev–Trinajstić information content (AvgIpc) is 2.88. The van der Waals surface area contributed by atoms with Gasteiger partial charge in [0.15, 0.2) is 0 Å². The van der Waals surface area contributed by atoms with Gasteiger partial charge >= 0.3 is 6.03 Å². The van der Waals surface area contributed by atoms with Gasteiger partial charge in [-0.3, -0.25) is 4.68 Å². The van der Waals surface area contributed by atoms with Gasteiger partial charge in [-0.15, -0.1) is 0 Å². The minimum absolute atomic E-state index is 0.0338. The lowest BCUT2D eigenvalue weighted by atomic mass is 9.95. The minimum Gasteiger partial charge on any atom is -0.331 e. The largest absolute Gasteiger partial charge is 0.331 e. The van der Waals surface area contributed by atoms with Crippen LogP contribution in [0.1, 0.15) is 51.8 Å². The van der Waals surface area contributed by atoms with Gasteiger partial charge in [-0.1, -0.05) is 13.8 Å². The summed E-state index contributed by atoms with van der Waals surface area (Å²) in [7, 11) is 1.83. The number of carbonyl (C=O) groups is 1. The zero-order valence-electron chi connectivity index (χ0n) is 13.4. The van der Waals surface area contributed by atoms with Gasteiger partial charge in [0.2, 0.25) is 0 Å². The number of nitrogens with one attached hydrogen (secondary N) is 1. The van der Waals surface area contributed by atoms with Gasteiger partial charge in [0.05, 0.1) is 6.54 Å². The number of aryl methyl sites for hydroxylation is 1. The molecule has 2 rings (SSSR count). The summed E-state index contributed by atoms with van der Waals surface area (Å²) < 4.78 is 1.69. The highest BCUT2D eigenvalue weighted by molar-refractivity contribution is 5.74. The van der Waals surface area contributed by atoms with Gasteiger partial charge < -0.3 is 10.2 Å². The van der Waals surface area contributed by atoms with E-state index < -0.39 is 0 Å². The van der Waals surface area contributed by atoms with Crippen LogP contribution in [0.3, 0.4) is 0 Å². The molecule has 1 unspecified atom stereocenters. The fourth-order valence-corrected chi connectivity index (χ4v) is 2.83. The lowest BCUT2D eigenvalue weighted by molar-refractivity contribution is 0.142. The SMILES string of the molecule is CC(C)CCC1CCCCN1C(=O)NCc1ncnn1C. The van der Waals surface area contributed by atoms with Gasteiger partial charge in [0.25, 0.3) is 0 Å². The average molecular weight is 293 g/mol. The summed E-state index contributed by atoms with van der Waals surface area (Å²) in [6.45, 7) is 5.78. The van der Waals surface area contributed by atoms with Crippen LogP contribution in [0.15, 0.2) is 6.33 Å². The maximum absolute atomic E-state index is 12.4. The second kappa shape index (κ2) is 7.43. The summed E-state index contributed by atoms with van der Waals surface area (Å²) in [5.74, 6) is 1.47. The topological polar surface area (TPSA) is 63.1 Å². The highest BCUT2D eigenvalue weighted by atomic mass is 16.2. The van der Waals surface area contributed by atoms with Gasteiger partial charge in [-0.05, 0) is 38.0 Å². The first kappa shape index (κ1) is 15.8. The fraction of sp³-hybridized carbons (Fsp3) is 0.800. The first-order valence-corrected chi connectivity index (χ1v) is 7.95. The van der Waals surface area contributed by atoms with E-state index in [9.17, 15) is 4.79 Å². The molecule has 2 heterocycles. The number of rotatable bonds is 5. The molecule has 6 heteroatoms. The second-order valence-electron chi connectivity index (χ2n) is 6.27. The molecule has 1 aliphatic rings. The van der Waals surface area contributed by atoms with Crippen LogP contribution in [-0.2, 0) is 13.6 Å². The maximum Gasteiger partial charge on any atom is 0.318 e. The van der Waals surface area contributed by atoms with E-state index in [4.69, 9.17) is 0 Å². The van der Waals surface area contributed by atoms with Gasteiger partial charge in [-0.25, -0.2) is 9.78 Å². The van der Waals surface area contributed by atoms with E-state index in [0.717, 1.165) is 31.6 Å². The normalized spacial score (nSPS) is 19.0. The Morgan fingerprint density at radius 2 is 2.29 bits per heavy atom. The van der Waals surface area contributed by atoms with Gasteiger partial charge in [0.1, 0.15) is 12.2 Å². The molecule has 1 fully saturated rings. The van der Waals surface area contributed by atoms with Gasteiger partial charge in [0, 0.05) is 19.6 Å². The molecule has 1 atom stereocenters. The number of hydrogen-bond donors (Lipinski definition) is 1. The summed E-state index contributed by atoms with van der Waals surface area (Å²) in [6, 6.07) is 0.423. The monoisotopic (exact) mass is 293 g/mol. The molecule has 118 valence electrons. The van der Waals surface area contributed by atoms with Crippen molar-refractivity contribution in [2.45, 2.75) is 58.5 Å². The predicted molar refractivity (Wildman–Crippen MR) is 81.7 cm³/mol. The Labute approximate surface area is 126 Å². The Morgan fingerprint density at radius 3 is 2.95 bits per heavy atom. The highest BCUT2D eigenvalue weighted by Crippen LogP contribution is 2.22. The van der Waals surface area contributed by atoms with E-state index in [0.29, 0.717) is 18.5 Å². The Kier molecular flexibility index (Phi) is 5.59. The second-order valence-corrected chi connectivity index (χ2v) is 6.27. The first-order chi connectivity index (χ1) is 10.1. The zero-order valence-corrected chi connectivity index (χ0v) is 13.4. The molecule has 1 N–H and O–H groups in total. The van der Waals surface area contributed by atoms with Crippen molar-refractivity contribution in [2.24, 2.45) is 13.0 Å². The van der Waals surface area contributed by atoms with E-state index in [1.807, 2.05) is 11.9 Å². The molecule has 1 aromatic heterocycles. The number of urea groups is 1. The first-order valence-electron chi connectivity index (χ1n) is 7.95. The molecular formula is C15H27N5O. The summed E-state index contributed by atoms with van der Waals surface area (Å²) in [6.07, 6.45) is 7.26. The van der Waals surface area contributed by atoms with E-state index in [1.54, 1.807) is 4.68 Å². The molecule has 21 heavy (non-hydrogen) atoms. The van der Waals surface area contributed by atoms with E-state index in [-0.39, 0.29) is 6.03 Å². The number of amides is 2. The van der Waals surface area contributed by atoms with Crippen molar-refractivity contribution < 1.29 is 4.79 Å². The quantitative estimate of drug-likeness (QED) is 0.906. The van der Waals surface area contributed by atoms with Crippen molar-refractivity contribution in [3.8, 4) is 0 Å². The molecule has 0 aliphatic carbocycles. The number of piperidine rings is 1. The molecule has 0 aromatic carbocycles. The zero-order chi connectivity index (χ0) is 15.2. The van der Waals surface area contributed by atoms with E-state index >= 15 is 0 Å². The van der Waals surface area contributed by atoms with E-state index in [2.05, 4.69) is 29.2 Å². The molecule has 0 bridgehead atoms. The molecule has 1 aliphatic heterocycles. The maximum atomic E-state index is 12.4. The number of hydrogen-bond acceptors (Lipinski definition) is 3. The van der Waals surface area contributed by atoms with E-state index in [1.165, 1.54) is 19.2 Å². The van der Waals surface area contributed by atoms with Crippen molar-refractivity contribution >= 4 is 6.03 Å². The number of aromatic nitrogens is 3. The fourth-order valence-electron chi connectivity index (χ4n) is 2.83. The van der Waals surface area contributed by atoms with Crippen molar-refractivity contribution in [2.75, 3.05) is 6.54 Å². The molecular weight excluding hydrogens is 266 g/mol. The van der Waals surface area contributed by atoms with Crippen LogP contribution in [0, 0.1) is 5.92 Å². The third-order valence-corrected chi connectivity index (χ3v) is 4.17. The van der Waals surface area contributed by atoms with Crippen molar-refractivity contribution in [1.82, 2.24) is 25.0 Å². The smallest absolute Gasteiger partial charge is 0.318 e. The molecule has 1 aromatic rings. The Morgan fingerprint density at radius 1 is 1.48 bits per heavy atom. The highest BCUT2D eigenvalue weighted by Gasteiger charge is 2.26. The van der Waals surface area contributed by atoms with Crippen LogP contribution in [-0.4, -0.2) is 38.3 Å². The lowest BCUT2D eigenvalue weighted by Gasteiger charge is -2.36. The molecule has 0 saturated carbocycles. The van der Waals surface area contributed by atoms with Gasteiger partial charge in [-0.2, -0.15) is 5.10 Å². The molecule has 0 radical (unpaired) electrons. The molecule has 1 saturated heterocycles. The Hall–Kier alpha value is -1.59. The molecule has 2 amide bonds. The third kappa shape index (κ3) is 4.44. The van der Waals surface area contributed by atoms with Crippen LogP contribution in [0.25, 0.3) is 0 Å². The summed E-state index contributed by atoms with van der Waals surface area (Å²) >= 11 is 0. The van der Waals surface area contributed by atoms with Crippen molar-refractivity contribution in [1.29, 1.82) is 0 Å². The minimum atomic E-state index is 0.0338. The summed E-state index contributed by atoms with van der Waals surface area (Å²) in [4.78, 5) is 18.6. The third-order valence-electron chi connectivity index (χ3n) is 4.17. The van der Waals surface area contributed by atoms with Crippen molar-refractivity contribution in [3.63, 3.8) is 0 Å². The Balaban J connectivity index is 1.87. The van der Waals surface area contributed by atoms with Crippen molar-refractivity contribution in [3.05, 3.63) is 12.2 Å².